The molecule has 0 aromatic heterocycles. The summed E-state index contributed by atoms with van der Waals surface area (Å²) in [4.78, 5) is 21.4. The minimum Gasteiger partial charge on any atom is -0.364 e. The van der Waals surface area contributed by atoms with Crippen LogP contribution in [0.2, 0.25) is 0 Å². The number of nitrogens with zero attached hydrogens (tertiary/aromatic N) is 2. The lowest BCUT2D eigenvalue weighted by molar-refractivity contribution is -0.117. The Balaban J connectivity index is 2.92. The third-order valence-electron chi connectivity index (χ3n) is 2.08. The Kier molecular flexibility index (Phi) is 4.98. The number of hydrazone groups is 1. The molecule has 4 N–H and O–H groups in total. The molecule has 9 nitrogen and oxygen atoms in total. The van der Waals surface area contributed by atoms with Gasteiger partial charge in [0.15, 0.2) is 0 Å². The normalized spacial score (nSPS) is 11.3. The molecule has 0 fully saturated rings. The molecular formula is C11H11N5O4S. The molecule has 21 heavy (non-hydrogen) atoms. The Morgan fingerprint density at radius 3 is 2.29 bits per heavy atom. The fourth-order valence-electron chi connectivity index (χ4n) is 1.21. The number of nitrogens with one attached hydrogen (secondary N) is 2. The second-order valence-corrected chi connectivity index (χ2v) is 5.42. The maximum Gasteiger partial charge on any atom is 0.280 e. The summed E-state index contributed by atoms with van der Waals surface area (Å²) in [6, 6.07) is 6.62. The van der Waals surface area contributed by atoms with Crippen LogP contribution < -0.4 is 15.9 Å². The van der Waals surface area contributed by atoms with Crippen LogP contribution in [0.3, 0.4) is 0 Å². The smallest absolute Gasteiger partial charge is 0.280 e. The fourth-order valence-corrected chi connectivity index (χ4v) is 2.20. The van der Waals surface area contributed by atoms with E-state index in [0.717, 1.165) is 6.92 Å². The zero-order chi connectivity index (χ0) is 16.0. The Hall–Kier alpha value is -2.93. The number of nitrogens with two attached hydrogens (primary N) is 1. The highest BCUT2D eigenvalue weighted by atomic mass is 32.2. The van der Waals surface area contributed by atoms with E-state index >= 15 is 0 Å². The summed E-state index contributed by atoms with van der Waals surface area (Å²) in [6.07, 6.45) is 0. The van der Waals surface area contributed by atoms with Crippen LogP contribution in [0.25, 0.3) is 0 Å². The third kappa shape index (κ3) is 4.59. The lowest BCUT2D eigenvalue weighted by atomic mass is 10.3. The van der Waals surface area contributed by atoms with Crippen molar-refractivity contribution >= 4 is 33.2 Å². The second-order valence-electron chi connectivity index (χ2n) is 3.73. The van der Waals surface area contributed by atoms with Gasteiger partial charge in [-0.15, -0.1) is 0 Å². The molecule has 0 aliphatic carbocycles. The molecule has 1 aromatic carbocycles. The highest BCUT2D eigenvalue weighted by Crippen LogP contribution is 2.13. The number of rotatable bonds is 5. The minimum atomic E-state index is -3.92. The van der Waals surface area contributed by atoms with Crippen LogP contribution >= 0.6 is 0 Å². The average molecular weight is 309 g/mol. The second kappa shape index (κ2) is 6.49. The SMILES string of the molecule is CC(=O)NS(=O)(=O)c1ccc(N/N=C(/C#N)C(N)=O)cc1. The predicted octanol–water partition coefficient (Wildman–Crippen LogP) is -0.712. The Morgan fingerprint density at radius 2 is 1.86 bits per heavy atom. The molecule has 0 spiro atoms. The van der Waals surface area contributed by atoms with E-state index in [1.807, 2.05) is 4.72 Å². The first-order valence-electron chi connectivity index (χ1n) is 5.43. The Labute approximate surface area is 120 Å². The number of carbonyl (C=O) groups excluding carboxylic acids is 2. The summed E-state index contributed by atoms with van der Waals surface area (Å²) in [6.45, 7) is 1.08. The van der Waals surface area contributed by atoms with Crippen molar-refractivity contribution in [1.29, 1.82) is 5.26 Å². The third-order valence-corrected chi connectivity index (χ3v) is 3.53. The van der Waals surface area contributed by atoms with Crippen LogP contribution in [0.1, 0.15) is 6.92 Å². The van der Waals surface area contributed by atoms with Crippen molar-refractivity contribution < 1.29 is 18.0 Å². The quantitative estimate of drug-likeness (QED) is 0.482. The molecule has 2 amide bonds. The summed E-state index contributed by atoms with van der Waals surface area (Å²) < 4.78 is 25.2. The van der Waals surface area contributed by atoms with E-state index in [1.54, 1.807) is 0 Å². The number of sulfonamides is 1. The van der Waals surface area contributed by atoms with Crippen LogP contribution in [-0.4, -0.2) is 25.9 Å². The number of amides is 2. The largest absolute Gasteiger partial charge is 0.364 e. The Morgan fingerprint density at radius 1 is 1.29 bits per heavy atom. The molecule has 0 unspecified atom stereocenters. The monoisotopic (exact) mass is 309 g/mol. The number of anilines is 1. The lowest BCUT2D eigenvalue weighted by Gasteiger charge is -2.05. The fraction of sp³-hybridized carbons (Fsp3) is 0.0909. The van der Waals surface area contributed by atoms with E-state index in [-0.39, 0.29) is 4.90 Å². The lowest BCUT2D eigenvalue weighted by Crippen LogP contribution is -2.28. The molecule has 1 aromatic rings. The minimum absolute atomic E-state index is 0.123. The van der Waals surface area contributed by atoms with Gasteiger partial charge in [-0.3, -0.25) is 15.0 Å². The summed E-state index contributed by atoms with van der Waals surface area (Å²) >= 11 is 0. The number of benzene rings is 1. The number of carbonyl (C=O) groups is 2. The van der Waals surface area contributed by atoms with Gasteiger partial charge in [-0.2, -0.15) is 10.4 Å². The van der Waals surface area contributed by atoms with Crippen molar-refractivity contribution in [3.8, 4) is 6.07 Å². The van der Waals surface area contributed by atoms with Gasteiger partial charge in [0.1, 0.15) is 6.07 Å². The number of primary amides is 1. The zero-order valence-electron chi connectivity index (χ0n) is 10.8. The highest BCUT2D eigenvalue weighted by Gasteiger charge is 2.14. The van der Waals surface area contributed by atoms with E-state index in [9.17, 15) is 18.0 Å². The van der Waals surface area contributed by atoms with Gasteiger partial charge in [0, 0.05) is 6.92 Å². The van der Waals surface area contributed by atoms with Crippen molar-refractivity contribution in [2.45, 2.75) is 11.8 Å². The molecular weight excluding hydrogens is 298 g/mol. The molecule has 1 rings (SSSR count). The topological polar surface area (TPSA) is 155 Å². The van der Waals surface area contributed by atoms with E-state index in [2.05, 4.69) is 10.5 Å². The average Bonchev–Trinajstić information content (AvgIpc) is 2.38. The summed E-state index contributed by atoms with van der Waals surface area (Å²) in [7, 11) is -3.92. The van der Waals surface area contributed by atoms with Gasteiger partial charge in [0.05, 0.1) is 10.6 Å². The molecule has 0 aliphatic heterocycles. The molecule has 0 saturated heterocycles. The summed E-state index contributed by atoms with van der Waals surface area (Å²) in [5.74, 6) is -1.70. The van der Waals surface area contributed by atoms with E-state index in [1.165, 1.54) is 30.3 Å². The molecule has 10 heteroatoms. The van der Waals surface area contributed by atoms with Gasteiger partial charge in [0.25, 0.3) is 15.9 Å². The first-order valence-corrected chi connectivity index (χ1v) is 6.91. The van der Waals surface area contributed by atoms with Crippen molar-refractivity contribution in [2.75, 3.05) is 5.43 Å². The van der Waals surface area contributed by atoms with Crippen LogP contribution in [0, 0.1) is 11.3 Å². The van der Waals surface area contributed by atoms with Gasteiger partial charge in [0.2, 0.25) is 11.6 Å². The number of nitriles is 1. The molecule has 0 saturated carbocycles. The zero-order valence-corrected chi connectivity index (χ0v) is 11.6. The number of hydrogen-bond acceptors (Lipinski definition) is 7. The van der Waals surface area contributed by atoms with Crippen molar-refractivity contribution in [1.82, 2.24) is 4.72 Å². The van der Waals surface area contributed by atoms with Crippen LogP contribution in [0.5, 0.6) is 0 Å². The van der Waals surface area contributed by atoms with Gasteiger partial charge >= 0.3 is 0 Å². The Bertz CT molecular complexity index is 731. The van der Waals surface area contributed by atoms with Crippen molar-refractivity contribution in [3.05, 3.63) is 24.3 Å². The molecule has 0 bridgehead atoms. The standard InChI is InChI=1S/C11H11N5O4S/c1-7(17)16-21(19,20)9-4-2-8(3-5-9)14-15-10(6-12)11(13)18/h2-5,14H,1H3,(H2,13,18)(H,16,17)/b15-10-. The van der Waals surface area contributed by atoms with Gasteiger partial charge in [-0.25, -0.2) is 13.1 Å². The summed E-state index contributed by atoms with van der Waals surface area (Å²) in [5, 5.41) is 12.0. The molecule has 0 heterocycles. The van der Waals surface area contributed by atoms with Gasteiger partial charge in [-0.05, 0) is 24.3 Å². The first-order chi connectivity index (χ1) is 9.76. The molecule has 0 atom stereocenters. The van der Waals surface area contributed by atoms with E-state index < -0.39 is 27.5 Å². The van der Waals surface area contributed by atoms with Crippen molar-refractivity contribution in [3.63, 3.8) is 0 Å². The van der Waals surface area contributed by atoms with Crippen LogP contribution in [0.4, 0.5) is 5.69 Å². The van der Waals surface area contributed by atoms with Gasteiger partial charge < -0.3 is 5.73 Å². The van der Waals surface area contributed by atoms with Gasteiger partial charge in [-0.1, -0.05) is 0 Å². The molecule has 0 aliphatic rings. The highest BCUT2D eigenvalue weighted by molar-refractivity contribution is 7.90. The van der Waals surface area contributed by atoms with E-state index in [4.69, 9.17) is 11.0 Å². The predicted molar refractivity (Wildman–Crippen MR) is 73.3 cm³/mol. The molecule has 0 radical (unpaired) electrons. The van der Waals surface area contributed by atoms with Crippen LogP contribution in [-0.2, 0) is 19.6 Å². The number of hydrogen-bond donors (Lipinski definition) is 3. The first kappa shape index (κ1) is 16.1. The maximum absolute atomic E-state index is 11.7. The maximum atomic E-state index is 11.7. The van der Waals surface area contributed by atoms with E-state index in [0.29, 0.717) is 5.69 Å². The molecule has 110 valence electrons. The van der Waals surface area contributed by atoms with Crippen molar-refractivity contribution in [2.24, 2.45) is 10.8 Å². The summed E-state index contributed by atoms with van der Waals surface area (Å²) in [5.41, 5.74) is 7.07. The van der Waals surface area contributed by atoms with Crippen LogP contribution in [0.15, 0.2) is 34.3 Å².